The highest BCUT2D eigenvalue weighted by molar-refractivity contribution is 14.1. The zero-order chi connectivity index (χ0) is 8.27. The molecular formula is C9H11IO. The van der Waals surface area contributed by atoms with Crippen molar-refractivity contribution in [2.24, 2.45) is 0 Å². The molecule has 0 aliphatic rings. The highest BCUT2D eigenvalue weighted by atomic mass is 127. The number of methoxy groups -OCH3 is 1. The number of ether oxygens (including phenoxy) is 1. The zero-order valence-corrected chi connectivity index (χ0v) is 8.88. The first-order valence-electron chi connectivity index (χ1n) is 3.47. The van der Waals surface area contributed by atoms with Gasteiger partial charge in [0.2, 0.25) is 0 Å². The van der Waals surface area contributed by atoms with Gasteiger partial charge in [-0.25, -0.2) is 0 Å². The fourth-order valence-corrected chi connectivity index (χ4v) is 1.80. The summed E-state index contributed by atoms with van der Waals surface area (Å²) in [4.78, 5) is 0. The fourth-order valence-electron chi connectivity index (χ4n) is 0.945. The monoisotopic (exact) mass is 262 g/mol. The van der Waals surface area contributed by atoms with Crippen molar-refractivity contribution in [1.82, 2.24) is 0 Å². The van der Waals surface area contributed by atoms with Gasteiger partial charge in [0.25, 0.3) is 0 Å². The minimum absolute atomic E-state index is 0.941. The number of halogens is 1. The lowest BCUT2D eigenvalue weighted by Crippen LogP contribution is -1.87. The van der Waals surface area contributed by atoms with Crippen LogP contribution in [0.1, 0.15) is 11.1 Å². The zero-order valence-electron chi connectivity index (χ0n) is 6.73. The van der Waals surface area contributed by atoms with E-state index >= 15 is 0 Å². The lowest BCUT2D eigenvalue weighted by molar-refractivity contribution is 0.414. The lowest BCUT2D eigenvalue weighted by atomic mass is 10.1. The Morgan fingerprint density at radius 2 is 2.18 bits per heavy atom. The molecule has 0 N–H and O–H groups in total. The van der Waals surface area contributed by atoms with Gasteiger partial charge < -0.3 is 4.74 Å². The molecule has 0 bridgehead atoms. The van der Waals surface area contributed by atoms with E-state index < -0.39 is 0 Å². The average Bonchev–Trinajstić information content (AvgIpc) is 2.04. The van der Waals surface area contributed by atoms with Crippen LogP contribution in [0.25, 0.3) is 0 Å². The van der Waals surface area contributed by atoms with E-state index in [-0.39, 0.29) is 0 Å². The van der Waals surface area contributed by atoms with Crippen LogP contribution in [-0.2, 0) is 4.43 Å². The smallest absolute Gasteiger partial charge is 0.119 e. The maximum atomic E-state index is 5.09. The van der Waals surface area contributed by atoms with E-state index in [1.807, 2.05) is 6.07 Å². The van der Waals surface area contributed by atoms with Gasteiger partial charge in [-0.3, -0.25) is 0 Å². The van der Waals surface area contributed by atoms with E-state index in [1.54, 1.807) is 7.11 Å². The molecule has 0 aromatic heterocycles. The maximum Gasteiger partial charge on any atom is 0.119 e. The molecule has 0 radical (unpaired) electrons. The Bertz CT molecular complexity index is 245. The van der Waals surface area contributed by atoms with Crippen molar-refractivity contribution in [2.45, 2.75) is 11.4 Å². The third-order valence-corrected chi connectivity index (χ3v) is 2.52. The van der Waals surface area contributed by atoms with Gasteiger partial charge in [-0.15, -0.1) is 0 Å². The van der Waals surface area contributed by atoms with Crippen molar-refractivity contribution in [3.8, 4) is 5.75 Å². The first-order chi connectivity index (χ1) is 5.27. The number of benzene rings is 1. The van der Waals surface area contributed by atoms with Crippen molar-refractivity contribution in [3.63, 3.8) is 0 Å². The number of alkyl halides is 1. The molecule has 0 spiro atoms. The van der Waals surface area contributed by atoms with E-state index in [4.69, 9.17) is 4.74 Å². The Balaban J connectivity index is 2.99. The first kappa shape index (κ1) is 8.84. The molecule has 1 aromatic rings. The standard InChI is InChI=1S/C9H11IO/c1-7-5-9(11-2)4-3-8(7)6-10/h3-5H,6H2,1-2H3. The molecule has 1 nitrogen and oxygen atoms in total. The molecular weight excluding hydrogens is 251 g/mol. The van der Waals surface area contributed by atoms with Gasteiger partial charge in [-0.2, -0.15) is 0 Å². The Labute approximate surface area is 80.9 Å². The molecule has 0 amide bonds. The number of aryl methyl sites for hydroxylation is 1. The lowest BCUT2D eigenvalue weighted by Gasteiger charge is -2.04. The number of hydrogen-bond donors (Lipinski definition) is 0. The fraction of sp³-hybridized carbons (Fsp3) is 0.333. The van der Waals surface area contributed by atoms with Crippen LogP contribution in [0.4, 0.5) is 0 Å². The van der Waals surface area contributed by atoms with Gasteiger partial charge in [0.05, 0.1) is 7.11 Å². The second kappa shape index (κ2) is 3.95. The number of hydrogen-bond acceptors (Lipinski definition) is 1. The Morgan fingerprint density at radius 3 is 2.64 bits per heavy atom. The summed E-state index contributed by atoms with van der Waals surface area (Å²) >= 11 is 2.36. The van der Waals surface area contributed by atoms with Gasteiger partial charge >= 0.3 is 0 Å². The van der Waals surface area contributed by atoms with E-state index in [0.717, 1.165) is 10.2 Å². The SMILES string of the molecule is COc1ccc(CI)c(C)c1. The van der Waals surface area contributed by atoms with Crippen LogP contribution in [0.2, 0.25) is 0 Å². The predicted molar refractivity (Wildman–Crippen MR) is 55.5 cm³/mol. The molecule has 0 aliphatic carbocycles. The van der Waals surface area contributed by atoms with Crippen molar-refractivity contribution in [3.05, 3.63) is 29.3 Å². The van der Waals surface area contributed by atoms with Crippen LogP contribution in [0.15, 0.2) is 18.2 Å². The van der Waals surface area contributed by atoms with Crippen LogP contribution in [0.5, 0.6) is 5.75 Å². The largest absolute Gasteiger partial charge is 0.497 e. The summed E-state index contributed by atoms with van der Waals surface area (Å²) in [6, 6.07) is 6.18. The van der Waals surface area contributed by atoms with Gasteiger partial charge in [0.15, 0.2) is 0 Å². The van der Waals surface area contributed by atoms with Crippen LogP contribution in [0, 0.1) is 6.92 Å². The molecule has 2 heteroatoms. The maximum absolute atomic E-state index is 5.09. The molecule has 0 saturated heterocycles. The average molecular weight is 262 g/mol. The van der Waals surface area contributed by atoms with Crippen molar-refractivity contribution in [1.29, 1.82) is 0 Å². The topological polar surface area (TPSA) is 9.23 Å². The van der Waals surface area contributed by atoms with E-state index in [2.05, 4.69) is 41.6 Å². The predicted octanol–water partition coefficient (Wildman–Crippen LogP) is 2.94. The molecule has 0 atom stereocenters. The summed E-state index contributed by atoms with van der Waals surface area (Å²) in [5, 5.41) is 0. The number of rotatable bonds is 2. The quantitative estimate of drug-likeness (QED) is 0.588. The van der Waals surface area contributed by atoms with E-state index in [1.165, 1.54) is 11.1 Å². The minimum atomic E-state index is 0.941. The second-order valence-corrected chi connectivity index (χ2v) is 3.19. The normalized spacial score (nSPS) is 9.73. The van der Waals surface area contributed by atoms with Gasteiger partial charge in [0, 0.05) is 4.43 Å². The third kappa shape index (κ3) is 2.09. The highest BCUT2D eigenvalue weighted by Crippen LogP contribution is 2.18. The molecule has 0 heterocycles. The molecule has 0 unspecified atom stereocenters. The van der Waals surface area contributed by atoms with Crippen molar-refractivity contribution in [2.75, 3.05) is 7.11 Å². The van der Waals surface area contributed by atoms with E-state index in [9.17, 15) is 0 Å². The van der Waals surface area contributed by atoms with E-state index in [0.29, 0.717) is 0 Å². The highest BCUT2D eigenvalue weighted by Gasteiger charge is 1.97. The molecule has 0 saturated carbocycles. The minimum Gasteiger partial charge on any atom is -0.497 e. The molecule has 60 valence electrons. The summed E-state index contributed by atoms with van der Waals surface area (Å²) in [7, 11) is 1.69. The Kier molecular flexibility index (Phi) is 3.17. The van der Waals surface area contributed by atoms with Crippen LogP contribution < -0.4 is 4.74 Å². The van der Waals surface area contributed by atoms with Crippen molar-refractivity contribution >= 4 is 22.6 Å². The van der Waals surface area contributed by atoms with Crippen LogP contribution >= 0.6 is 22.6 Å². The van der Waals surface area contributed by atoms with Gasteiger partial charge in [-0.1, -0.05) is 28.7 Å². The summed E-state index contributed by atoms with van der Waals surface area (Å²) in [6.45, 7) is 2.11. The molecule has 0 fully saturated rings. The molecule has 1 aromatic carbocycles. The summed E-state index contributed by atoms with van der Waals surface area (Å²) in [6.07, 6.45) is 0. The first-order valence-corrected chi connectivity index (χ1v) is 5.00. The Morgan fingerprint density at radius 1 is 1.45 bits per heavy atom. The van der Waals surface area contributed by atoms with Crippen molar-refractivity contribution < 1.29 is 4.74 Å². The van der Waals surface area contributed by atoms with Crippen LogP contribution in [-0.4, -0.2) is 7.11 Å². The summed E-state index contributed by atoms with van der Waals surface area (Å²) in [5.41, 5.74) is 2.69. The van der Waals surface area contributed by atoms with Crippen LogP contribution in [0.3, 0.4) is 0 Å². The van der Waals surface area contributed by atoms with Gasteiger partial charge in [-0.05, 0) is 30.2 Å². The van der Waals surface area contributed by atoms with Gasteiger partial charge in [0.1, 0.15) is 5.75 Å². The second-order valence-electron chi connectivity index (χ2n) is 2.43. The molecule has 1 rings (SSSR count). The Hall–Kier alpha value is -0.250. The molecule has 11 heavy (non-hydrogen) atoms. The summed E-state index contributed by atoms with van der Waals surface area (Å²) in [5.74, 6) is 0.941. The third-order valence-electron chi connectivity index (χ3n) is 1.69. The molecule has 0 aliphatic heterocycles. The summed E-state index contributed by atoms with van der Waals surface area (Å²) < 4.78 is 6.16.